The number of carbonyl (C=O) groups excluding carboxylic acids is 1. The van der Waals surface area contributed by atoms with Crippen LogP contribution in [0.15, 0.2) is 18.2 Å². The second-order valence-electron chi connectivity index (χ2n) is 4.70. The normalized spacial score (nSPS) is 22.2. The molecule has 1 atom stereocenters. The maximum atomic E-state index is 13.7. The molecule has 1 aliphatic heterocycles. The molecule has 104 valence electrons. The van der Waals surface area contributed by atoms with Gasteiger partial charge in [-0.2, -0.15) is 0 Å². The van der Waals surface area contributed by atoms with Crippen LogP contribution in [0.25, 0.3) is 0 Å². The molecule has 1 aliphatic rings. The Kier molecular flexibility index (Phi) is 3.49. The summed E-state index contributed by atoms with van der Waals surface area (Å²) >= 11 is 0. The highest BCUT2D eigenvalue weighted by molar-refractivity contribution is 7.91. The van der Waals surface area contributed by atoms with Crippen LogP contribution in [0.3, 0.4) is 0 Å². The molecule has 0 saturated carbocycles. The van der Waals surface area contributed by atoms with Crippen LogP contribution in [0, 0.1) is 5.82 Å². The van der Waals surface area contributed by atoms with E-state index in [1.807, 2.05) is 0 Å². The van der Waals surface area contributed by atoms with E-state index in [2.05, 4.69) is 0 Å². The molecule has 1 heterocycles. The molecule has 19 heavy (non-hydrogen) atoms. The summed E-state index contributed by atoms with van der Waals surface area (Å²) in [5.74, 6) is -1.36. The summed E-state index contributed by atoms with van der Waals surface area (Å²) in [6.07, 6.45) is 0. The zero-order valence-corrected chi connectivity index (χ0v) is 11.3. The Morgan fingerprint density at radius 3 is 2.74 bits per heavy atom. The van der Waals surface area contributed by atoms with E-state index in [9.17, 15) is 17.6 Å². The Morgan fingerprint density at radius 2 is 2.16 bits per heavy atom. The quantitative estimate of drug-likeness (QED) is 0.769. The van der Waals surface area contributed by atoms with Crippen molar-refractivity contribution in [2.24, 2.45) is 0 Å². The van der Waals surface area contributed by atoms with Gasteiger partial charge in [0.05, 0.1) is 17.1 Å². The number of hydrogen-bond donors (Lipinski definition) is 1. The first-order valence-electron chi connectivity index (χ1n) is 5.86. The molecule has 5 nitrogen and oxygen atoms in total. The van der Waals surface area contributed by atoms with Gasteiger partial charge in [0, 0.05) is 18.3 Å². The largest absolute Gasteiger partial charge is 0.399 e. The Labute approximate surface area is 111 Å². The van der Waals surface area contributed by atoms with Crippen LogP contribution in [0.5, 0.6) is 0 Å². The van der Waals surface area contributed by atoms with Crippen molar-refractivity contribution in [1.29, 1.82) is 0 Å². The molecule has 0 spiro atoms. The number of anilines is 1. The smallest absolute Gasteiger partial charge is 0.257 e. The lowest BCUT2D eigenvalue weighted by Gasteiger charge is -2.33. The van der Waals surface area contributed by atoms with Crippen LogP contribution in [0.1, 0.15) is 17.3 Å². The number of halogens is 1. The van der Waals surface area contributed by atoms with Gasteiger partial charge in [-0.05, 0) is 25.1 Å². The highest BCUT2D eigenvalue weighted by Crippen LogP contribution is 2.18. The number of rotatable bonds is 1. The minimum Gasteiger partial charge on any atom is -0.399 e. The summed E-state index contributed by atoms with van der Waals surface area (Å²) in [5, 5.41) is 0. The molecule has 1 fully saturated rings. The van der Waals surface area contributed by atoms with Crippen LogP contribution in [0.4, 0.5) is 10.1 Å². The van der Waals surface area contributed by atoms with E-state index in [4.69, 9.17) is 5.73 Å². The molecule has 0 aliphatic carbocycles. The lowest BCUT2D eigenvalue weighted by Crippen LogP contribution is -2.49. The summed E-state index contributed by atoms with van der Waals surface area (Å²) in [7, 11) is -3.11. The van der Waals surface area contributed by atoms with Crippen molar-refractivity contribution in [2.45, 2.75) is 13.0 Å². The molecule has 1 saturated heterocycles. The molecular weight excluding hydrogens is 271 g/mol. The molecule has 1 amide bonds. The molecule has 1 aromatic carbocycles. The molecule has 1 unspecified atom stereocenters. The van der Waals surface area contributed by atoms with E-state index in [0.29, 0.717) is 0 Å². The fourth-order valence-corrected chi connectivity index (χ4v) is 3.72. The van der Waals surface area contributed by atoms with Crippen molar-refractivity contribution >= 4 is 21.4 Å². The number of nitrogen functional groups attached to an aromatic ring is 1. The molecule has 0 radical (unpaired) electrons. The lowest BCUT2D eigenvalue weighted by molar-refractivity contribution is 0.0708. The van der Waals surface area contributed by atoms with Gasteiger partial charge >= 0.3 is 0 Å². The average molecular weight is 286 g/mol. The number of nitrogens with two attached hydrogens (primary N) is 1. The summed E-state index contributed by atoms with van der Waals surface area (Å²) in [4.78, 5) is 13.6. The van der Waals surface area contributed by atoms with Gasteiger partial charge in [0.2, 0.25) is 0 Å². The van der Waals surface area contributed by atoms with Gasteiger partial charge in [-0.15, -0.1) is 0 Å². The van der Waals surface area contributed by atoms with E-state index in [0.717, 1.165) is 6.07 Å². The molecule has 1 aromatic rings. The first-order valence-corrected chi connectivity index (χ1v) is 7.69. The second-order valence-corrected chi connectivity index (χ2v) is 6.93. The monoisotopic (exact) mass is 286 g/mol. The van der Waals surface area contributed by atoms with E-state index in [1.54, 1.807) is 6.92 Å². The van der Waals surface area contributed by atoms with Crippen LogP contribution >= 0.6 is 0 Å². The van der Waals surface area contributed by atoms with E-state index in [1.165, 1.54) is 17.0 Å². The third-order valence-corrected chi connectivity index (χ3v) is 4.95. The predicted molar refractivity (Wildman–Crippen MR) is 70.0 cm³/mol. The number of carbonyl (C=O) groups is 1. The van der Waals surface area contributed by atoms with Crippen molar-refractivity contribution in [3.8, 4) is 0 Å². The first kappa shape index (κ1) is 13.8. The van der Waals surface area contributed by atoms with Crippen molar-refractivity contribution in [1.82, 2.24) is 4.90 Å². The summed E-state index contributed by atoms with van der Waals surface area (Å²) in [5.41, 5.74) is 5.58. The van der Waals surface area contributed by atoms with Crippen LogP contribution in [-0.2, 0) is 9.84 Å². The summed E-state index contributed by atoms with van der Waals surface area (Å²) in [6, 6.07) is 3.39. The Balaban J connectivity index is 2.25. The lowest BCUT2D eigenvalue weighted by atomic mass is 10.1. The third kappa shape index (κ3) is 2.86. The van der Waals surface area contributed by atoms with Gasteiger partial charge < -0.3 is 10.6 Å². The summed E-state index contributed by atoms with van der Waals surface area (Å²) < 4.78 is 36.6. The highest BCUT2D eigenvalue weighted by Gasteiger charge is 2.32. The van der Waals surface area contributed by atoms with Crippen molar-refractivity contribution in [2.75, 3.05) is 23.8 Å². The van der Waals surface area contributed by atoms with Crippen LogP contribution in [0.2, 0.25) is 0 Å². The summed E-state index contributed by atoms with van der Waals surface area (Å²) in [6.45, 7) is 1.73. The average Bonchev–Trinajstić information content (AvgIpc) is 2.26. The second kappa shape index (κ2) is 4.80. The topological polar surface area (TPSA) is 80.5 Å². The van der Waals surface area contributed by atoms with E-state index in [-0.39, 0.29) is 29.3 Å². The van der Waals surface area contributed by atoms with Crippen molar-refractivity contribution < 1.29 is 17.6 Å². The minimum atomic E-state index is -3.11. The Bertz CT molecular complexity index is 615. The van der Waals surface area contributed by atoms with Crippen molar-refractivity contribution in [3.05, 3.63) is 29.6 Å². The van der Waals surface area contributed by atoms with Gasteiger partial charge in [0.15, 0.2) is 9.84 Å². The van der Waals surface area contributed by atoms with E-state index < -0.39 is 27.6 Å². The zero-order chi connectivity index (χ0) is 14.2. The highest BCUT2D eigenvalue weighted by atomic mass is 32.2. The van der Waals surface area contributed by atoms with Gasteiger partial charge in [0.25, 0.3) is 5.91 Å². The number of hydrogen-bond acceptors (Lipinski definition) is 4. The molecule has 7 heteroatoms. The Morgan fingerprint density at radius 1 is 1.47 bits per heavy atom. The third-order valence-electron chi connectivity index (χ3n) is 3.15. The minimum absolute atomic E-state index is 0.0830. The predicted octanol–water partition coefficient (Wildman–Crippen LogP) is 0.667. The fraction of sp³-hybridized carbons (Fsp3) is 0.417. The van der Waals surface area contributed by atoms with Gasteiger partial charge in [-0.25, -0.2) is 12.8 Å². The molecule has 2 rings (SSSR count). The maximum absolute atomic E-state index is 13.7. The maximum Gasteiger partial charge on any atom is 0.257 e. The number of nitrogens with zero attached hydrogens (tertiary/aromatic N) is 1. The number of sulfone groups is 1. The molecule has 0 bridgehead atoms. The van der Waals surface area contributed by atoms with Crippen LogP contribution < -0.4 is 5.73 Å². The first-order chi connectivity index (χ1) is 8.80. The molecule has 0 aromatic heterocycles. The Hall–Kier alpha value is -1.63. The SMILES string of the molecule is CC1CS(=O)(=O)CCN1C(=O)c1ccc(N)cc1F. The standard InChI is InChI=1S/C12H15FN2O3S/c1-8-7-19(17,18)5-4-15(8)12(16)10-3-2-9(14)6-11(10)13/h2-3,6,8H,4-5,7,14H2,1H3. The molecular formula is C12H15FN2O3S. The van der Waals surface area contributed by atoms with Gasteiger partial charge in [-0.1, -0.05) is 0 Å². The van der Waals surface area contributed by atoms with Gasteiger partial charge in [-0.3, -0.25) is 4.79 Å². The zero-order valence-electron chi connectivity index (χ0n) is 10.5. The number of benzene rings is 1. The fourth-order valence-electron chi connectivity index (χ4n) is 2.16. The van der Waals surface area contributed by atoms with Gasteiger partial charge in [0.1, 0.15) is 5.82 Å². The van der Waals surface area contributed by atoms with Crippen LogP contribution in [-0.4, -0.2) is 43.3 Å². The molecule has 2 N–H and O–H groups in total. The van der Waals surface area contributed by atoms with E-state index >= 15 is 0 Å². The van der Waals surface area contributed by atoms with Crippen molar-refractivity contribution in [3.63, 3.8) is 0 Å². The number of amides is 1.